The van der Waals surface area contributed by atoms with Crippen molar-refractivity contribution in [2.45, 2.75) is 49.1 Å². The highest BCUT2D eigenvalue weighted by atomic mass is 32.2. The molecule has 0 radical (unpaired) electrons. The first-order valence-electron chi connectivity index (χ1n) is 12.5. The van der Waals surface area contributed by atoms with Gasteiger partial charge in [0.2, 0.25) is 0 Å². The number of benzene rings is 2. The number of nitrogens with zero attached hydrogens (tertiary/aromatic N) is 3. The number of anilines is 2. The molecule has 2 heterocycles. The Bertz CT molecular complexity index is 949. The molecule has 5 nitrogen and oxygen atoms in total. The van der Waals surface area contributed by atoms with Crippen molar-refractivity contribution >= 4 is 29.1 Å². The maximum atomic E-state index is 13.4. The maximum Gasteiger partial charge on any atom is 0.305 e. The maximum absolute atomic E-state index is 13.4. The van der Waals surface area contributed by atoms with Crippen LogP contribution in [0.5, 0.6) is 0 Å². The lowest BCUT2D eigenvalue weighted by Crippen LogP contribution is -2.47. The lowest BCUT2D eigenvalue weighted by atomic mass is 10.1. The number of para-hydroxylation sites is 1. The van der Waals surface area contributed by atoms with E-state index in [0.717, 1.165) is 76.3 Å². The van der Waals surface area contributed by atoms with Gasteiger partial charge in [0.25, 0.3) is 0 Å². The van der Waals surface area contributed by atoms with E-state index in [-0.39, 0.29) is 5.97 Å². The molecule has 0 spiro atoms. The summed E-state index contributed by atoms with van der Waals surface area (Å²) in [7, 11) is 0. The topological polar surface area (TPSA) is 36.0 Å². The molecule has 4 rings (SSSR count). The summed E-state index contributed by atoms with van der Waals surface area (Å²) in [5, 5.41) is 0. The minimum Gasteiger partial charge on any atom is -0.464 e. The van der Waals surface area contributed by atoms with Gasteiger partial charge in [0.05, 0.1) is 11.4 Å². The number of rotatable bonds is 11. The number of hydrogen-bond acceptors (Lipinski definition) is 6. The second kappa shape index (κ2) is 12.6. The van der Waals surface area contributed by atoms with Crippen LogP contribution in [-0.4, -0.2) is 68.2 Å². The first-order valence-corrected chi connectivity index (χ1v) is 13.3. The van der Waals surface area contributed by atoms with Crippen LogP contribution in [0, 0.1) is 0 Å². The number of ether oxygens (including phenoxy) is 1. The molecule has 2 aliphatic heterocycles. The summed E-state index contributed by atoms with van der Waals surface area (Å²) in [5.74, 6) is -0.0709. The van der Waals surface area contributed by atoms with E-state index < -0.39 is 6.67 Å². The van der Waals surface area contributed by atoms with Crippen molar-refractivity contribution in [3.63, 3.8) is 0 Å². The van der Waals surface area contributed by atoms with Crippen molar-refractivity contribution in [1.82, 2.24) is 9.80 Å². The van der Waals surface area contributed by atoms with Gasteiger partial charge in [-0.1, -0.05) is 43.3 Å². The normalized spacial score (nSPS) is 16.2. The fraction of sp³-hybridized carbons (Fsp3) is 0.519. The average Bonchev–Trinajstić information content (AvgIpc) is 2.87. The molecule has 0 saturated carbocycles. The Hall–Kier alpha value is -2.09. The molecule has 2 aromatic rings. The summed E-state index contributed by atoms with van der Waals surface area (Å²) >= 11 is 1.77. The van der Waals surface area contributed by atoms with E-state index in [1.807, 2.05) is 12.1 Å². The second-order valence-corrected chi connectivity index (χ2v) is 10.1. The molecule has 1 saturated heterocycles. The third kappa shape index (κ3) is 6.52. The van der Waals surface area contributed by atoms with Crippen LogP contribution in [0.4, 0.5) is 15.8 Å². The van der Waals surface area contributed by atoms with E-state index in [1.54, 1.807) is 11.8 Å². The van der Waals surface area contributed by atoms with Crippen molar-refractivity contribution in [3.05, 3.63) is 48.0 Å². The summed E-state index contributed by atoms with van der Waals surface area (Å²) in [5.41, 5.74) is 3.07. The monoisotopic (exact) mass is 485 g/mol. The van der Waals surface area contributed by atoms with Crippen LogP contribution in [0.1, 0.15) is 38.2 Å². The zero-order chi connectivity index (χ0) is 23.8. The fourth-order valence-corrected chi connectivity index (χ4v) is 5.65. The molecule has 0 N–H and O–H groups in total. The quantitative estimate of drug-likeness (QED) is 0.391. The van der Waals surface area contributed by atoms with Gasteiger partial charge in [-0.25, -0.2) is 4.39 Å². The molecule has 0 aromatic heterocycles. The highest BCUT2D eigenvalue weighted by molar-refractivity contribution is 7.99. The lowest BCUT2D eigenvalue weighted by molar-refractivity contribution is -0.144. The highest BCUT2D eigenvalue weighted by Crippen LogP contribution is 2.48. The summed E-state index contributed by atoms with van der Waals surface area (Å²) < 4.78 is 18.7. The van der Waals surface area contributed by atoms with Crippen molar-refractivity contribution in [2.24, 2.45) is 0 Å². The number of hydrogen-bond donors (Lipinski definition) is 0. The van der Waals surface area contributed by atoms with Gasteiger partial charge in [0, 0.05) is 55.5 Å². The second-order valence-electron chi connectivity index (χ2n) is 9.02. The first kappa shape index (κ1) is 25.0. The molecule has 0 aliphatic carbocycles. The Morgan fingerprint density at radius 1 is 0.941 bits per heavy atom. The van der Waals surface area contributed by atoms with Gasteiger partial charge < -0.3 is 14.5 Å². The fourth-order valence-electron chi connectivity index (χ4n) is 4.57. The van der Waals surface area contributed by atoms with Gasteiger partial charge in [-0.3, -0.25) is 9.69 Å². The van der Waals surface area contributed by atoms with Crippen LogP contribution in [0.2, 0.25) is 0 Å². The molecule has 34 heavy (non-hydrogen) atoms. The minimum atomic E-state index is -0.435. The van der Waals surface area contributed by atoms with E-state index in [9.17, 15) is 9.18 Å². The molecule has 0 atom stereocenters. The van der Waals surface area contributed by atoms with Crippen LogP contribution in [-0.2, 0) is 16.2 Å². The van der Waals surface area contributed by atoms with Gasteiger partial charge >= 0.3 is 5.97 Å². The van der Waals surface area contributed by atoms with Gasteiger partial charge in [0.1, 0.15) is 13.3 Å². The summed E-state index contributed by atoms with van der Waals surface area (Å²) in [4.78, 5) is 21.4. The Balaban J connectivity index is 1.24. The summed E-state index contributed by atoms with van der Waals surface area (Å²) in [6.45, 7) is 9.03. The molecular weight excluding hydrogens is 449 g/mol. The molecule has 0 unspecified atom stereocenters. The molecule has 184 valence electrons. The van der Waals surface area contributed by atoms with Crippen molar-refractivity contribution in [1.29, 1.82) is 0 Å². The van der Waals surface area contributed by atoms with Gasteiger partial charge in [-0.15, -0.1) is 0 Å². The standard InChI is InChI=1S/C27H36FN3O2S/c1-2-3-9-27(32)33-19-18-30-16-14-29(15-17-30)12-6-13-31-23-7-4-5-8-25(23)34-26-11-10-22(21-28)20-24(26)31/h4-5,7-8,10-11,20H,2-3,6,9,12-19,21H2,1H3. The van der Waals surface area contributed by atoms with E-state index in [4.69, 9.17) is 4.74 Å². The zero-order valence-corrected chi connectivity index (χ0v) is 21.0. The third-order valence-corrected chi connectivity index (χ3v) is 7.70. The van der Waals surface area contributed by atoms with Crippen molar-refractivity contribution < 1.29 is 13.9 Å². The predicted octanol–water partition coefficient (Wildman–Crippen LogP) is 5.50. The van der Waals surface area contributed by atoms with E-state index in [0.29, 0.717) is 13.0 Å². The molecule has 0 amide bonds. The van der Waals surface area contributed by atoms with Crippen molar-refractivity contribution in [2.75, 3.05) is 57.3 Å². The largest absolute Gasteiger partial charge is 0.464 e. The molecule has 1 fully saturated rings. The minimum absolute atomic E-state index is 0.0709. The molecule has 0 bridgehead atoms. The number of piperazine rings is 1. The number of alkyl halides is 1. The summed E-state index contributed by atoms with van der Waals surface area (Å²) in [6.07, 6.45) is 3.50. The predicted molar refractivity (Wildman–Crippen MR) is 137 cm³/mol. The van der Waals surface area contributed by atoms with Crippen LogP contribution in [0.15, 0.2) is 52.3 Å². The Morgan fingerprint density at radius 2 is 1.68 bits per heavy atom. The average molecular weight is 486 g/mol. The van der Waals surface area contributed by atoms with Crippen LogP contribution < -0.4 is 4.90 Å². The van der Waals surface area contributed by atoms with Crippen LogP contribution >= 0.6 is 11.8 Å². The Kier molecular flexibility index (Phi) is 9.25. The number of unbranched alkanes of at least 4 members (excludes halogenated alkanes) is 1. The van der Waals surface area contributed by atoms with Gasteiger partial charge in [-0.2, -0.15) is 0 Å². The Labute approximate surface area is 207 Å². The molecule has 7 heteroatoms. The third-order valence-electron chi connectivity index (χ3n) is 6.57. The Morgan fingerprint density at radius 3 is 2.44 bits per heavy atom. The number of esters is 1. The molecular formula is C27H36FN3O2S. The van der Waals surface area contributed by atoms with Crippen LogP contribution in [0.3, 0.4) is 0 Å². The lowest BCUT2D eigenvalue weighted by Gasteiger charge is -2.36. The van der Waals surface area contributed by atoms with Gasteiger partial charge in [-0.05, 0) is 49.2 Å². The SMILES string of the molecule is CCCCC(=O)OCCN1CCN(CCCN2c3ccccc3Sc3ccc(CF)cc32)CC1. The number of halogens is 1. The van der Waals surface area contributed by atoms with Crippen LogP contribution in [0.25, 0.3) is 0 Å². The molecule has 2 aromatic carbocycles. The van der Waals surface area contributed by atoms with E-state index in [2.05, 4.69) is 52.0 Å². The summed E-state index contributed by atoms with van der Waals surface area (Å²) in [6, 6.07) is 14.4. The number of carbonyl (C=O) groups excluding carboxylic acids is 1. The van der Waals surface area contributed by atoms with E-state index >= 15 is 0 Å². The van der Waals surface area contributed by atoms with Gasteiger partial charge in [0.15, 0.2) is 0 Å². The first-order chi connectivity index (χ1) is 16.7. The smallest absolute Gasteiger partial charge is 0.305 e. The zero-order valence-electron chi connectivity index (χ0n) is 20.2. The number of fused-ring (bicyclic) bond motifs is 2. The number of carbonyl (C=O) groups is 1. The van der Waals surface area contributed by atoms with Crippen molar-refractivity contribution in [3.8, 4) is 0 Å². The highest BCUT2D eigenvalue weighted by Gasteiger charge is 2.24. The molecule has 2 aliphatic rings. The van der Waals surface area contributed by atoms with E-state index in [1.165, 1.54) is 15.5 Å².